The number of rotatable bonds is 10. The molecule has 17 heteroatoms. The highest BCUT2D eigenvalue weighted by Crippen LogP contribution is 2.34. The van der Waals surface area contributed by atoms with Crippen LogP contribution in [0.3, 0.4) is 0 Å². The van der Waals surface area contributed by atoms with Crippen LogP contribution >= 0.6 is 0 Å². The van der Waals surface area contributed by atoms with Gasteiger partial charge in [0.2, 0.25) is 0 Å². The van der Waals surface area contributed by atoms with Gasteiger partial charge < -0.3 is 14.2 Å². The van der Waals surface area contributed by atoms with Crippen LogP contribution in [0.25, 0.3) is 11.1 Å². The average Bonchev–Trinajstić information content (AvgIpc) is 2.92. The summed E-state index contributed by atoms with van der Waals surface area (Å²) in [6.07, 6.45) is -10.00. The summed E-state index contributed by atoms with van der Waals surface area (Å²) in [6, 6.07) is 17.1. The maximum atomic E-state index is 13.2. The van der Waals surface area contributed by atoms with E-state index in [-0.39, 0.29) is 11.4 Å². The van der Waals surface area contributed by atoms with Gasteiger partial charge in [-0.25, -0.2) is 16.8 Å². The summed E-state index contributed by atoms with van der Waals surface area (Å²) in [5, 5.41) is 0. The van der Waals surface area contributed by atoms with Crippen molar-refractivity contribution < 1.29 is 57.4 Å². The van der Waals surface area contributed by atoms with Crippen LogP contribution in [0.4, 0.5) is 37.7 Å². The first-order chi connectivity index (χ1) is 20.4. The first kappa shape index (κ1) is 32.3. The summed E-state index contributed by atoms with van der Waals surface area (Å²) in [5.74, 6) is -0.804. The van der Waals surface area contributed by atoms with Gasteiger partial charge in [-0.2, -0.15) is 0 Å². The average molecular weight is 663 g/mol. The van der Waals surface area contributed by atoms with Gasteiger partial charge in [0.15, 0.2) is 0 Å². The molecule has 0 spiro atoms. The van der Waals surface area contributed by atoms with Crippen molar-refractivity contribution in [3.05, 3.63) is 91.0 Å². The van der Waals surface area contributed by atoms with E-state index >= 15 is 0 Å². The van der Waals surface area contributed by atoms with Crippen LogP contribution in [-0.2, 0) is 20.0 Å². The lowest BCUT2D eigenvalue weighted by atomic mass is 10.0. The van der Waals surface area contributed by atoms with Gasteiger partial charge >= 0.3 is 12.7 Å². The highest BCUT2D eigenvalue weighted by atomic mass is 32.2. The molecule has 44 heavy (non-hydrogen) atoms. The van der Waals surface area contributed by atoms with Crippen LogP contribution in [0, 0.1) is 0 Å². The molecule has 0 saturated carbocycles. The van der Waals surface area contributed by atoms with Gasteiger partial charge in [-0.05, 0) is 83.9 Å². The quantitative estimate of drug-likeness (QED) is 0.180. The fourth-order valence-corrected chi connectivity index (χ4v) is 5.88. The Morgan fingerprint density at radius 2 is 0.909 bits per heavy atom. The largest absolute Gasteiger partial charge is 0.573 e. The van der Waals surface area contributed by atoms with Crippen molar-refractivity contribution >= 4 is 31.4 Å². The number of hydrogen-bond acceptors (Lipinski definition) is 7. The highest BCUT2D eigenvalue weighted by Gasteiger charge is 2.32. The molecule has 0 aliphatic heterocycles. The topological polar surface area (TPSA) is 120 Å². The molecule has 9 nitrogen and oxygen atoms in total. The third-order valence-electron chi connectivity index (χ3n) is 5.67. The zero-order valence-electron chi connectivity index (χ0n) is 22.1. The Morgan fingerprint density at radius 3 is 1.32 bits per heavy atom. The number of halogens is 6. The van der Waals surface area contributed by atoms with Crippen molar-refractivity contribution in [3.8, 4) is 28.4 Å². The Bertz CT molecular complexity index is 1830. The van der Waals surface area contributed by atoms with Crippen molar-refractivity contribution in [2.24, 2.45) is 0 Å². The summed E-state index contributed by atoms with van der Waals surface area (Å²) >= 11 is 0. The van der Waals surface area contributed by atoms with Gasteiger partial charge in [-0.1, -0.05) is 18.2 Å². The van der Waals surface area contributed by atoms with E-state index in [1.165, 1.54) is 25.3 Å². The number of anilines is 2. The molecule has 234 valence electrons. The van der Waals surface area contributed by atoms with E-state index in [2.05, 4.69) is 18.9 Å². The highest BCUT2D eigenvalue weighted by molar-refractivity contribution is 7.93. The second-order valence-electron chi connectivity index (χ2n) is 8.74. The molecule has 0 heterocycles. The monoisotopic (exact) mass is 662 g/mol. The summed E-state index contributed by atoms with van der Waals surface area (Å²) in [5.41, 5.74) is 0.443. The van der Waals surface area contributed by atoms with Crippen LogP contribution in [0.1, 0.15) is 0 Å². The SMILES string of the molecule is COc1ccc(-c2ccc(NS(=O)(=O)c3ccc(OC(F)(F)F)cc3)c(NS(=O)(=O)c3ccc(OC(F)(F)F)cc3)c2)cc1. The zero-order valence-corrected chi connectivity index (χ0v) is 23.7. The minimum atomic E-state index is -5.00. The van der Waals surface area contributed by atoms with Crippen LogP contribution < -0.4 is 23.7 Å². The lowest BCUT2D eigenvalue weighted by Gasteiger charge is -2.17. The second kappa shape index (κ2) is 12.2. The molecule has 0 saturated heterocycles. The van der Waals surface area contributed by atoms with Crippen molar-refractivity contribution in [1.29, 1.82) is 0 Å². The predicted octanol–water partition coefficient (Wildman–Crippen LogP) is 6.76. The lowest BCUT2D eigenvalue weighted by Crippen LogP contribution is -2.19. The Morgan fingerprint density at radius 1 is 0.523 bits per heavy atom. The van der Waals surface area contributed by atoms with Gasteiger partial charge in [-0.3, -0.25) is 9.44 Å². The molecular weight excluding hydrogens is 642 g/mol. The van der Waals surface area contributed by atoms with E-state index in [9.17, 15) is 43.2 Å². The van der Waals surface area contributed by atoms with Crippen molar-refractivity contribution in [2.45, 2.75) is 22.5 Å². The summed E-state index contributed by atoms with van der Waals surface area (Å²) < 4.78 is 145. The summed E-state index contributed by atoms with van der Waals surface area (Å²) in [6.45, 7) is 0. The Hall–Kier alpha value is -4.64. The molecule has 0 unspecified atom stereocenters. The van der Waals surface area contributed by atoms with E-state index in [0.29, 0.717) is 16.9 Å². The van der Waals surface area contributed by atoms with Gasteiger partial charge in [0, 0.05) is 0 Å². The van der Waals surface area contributed by atoms with E-state index in [0.717, 1.165) is 48.5 Å². The molecule has 0 aliphatic carbocycles. The molecule has 4 aromatic carbocycles. The molecule has 0 radical (unpaired) electrons. The van der Waals surface area contributed by atoms with Crippen LogP contribution in [0.2, 0.25) is 0 Å². The minimum Gasteiger partial charge on any atom is -0.497 e. The predicted molar refractivity (Wildman–Crippen MR) is 146 cm³/mol. The zero-order chi connectivity index (χ0) is 32.3. The molecule has 0 fully saturated rings. The number of methoxy groups -OCH3 is 1. The number of nitrogens with one attached hydrogen (secondary N) is 2. The number of ether oxygens (including phenoxy) is 3. The molecule has 2 N–H and O–H groups in total. The van der Waals surface area contributed by atoms with Crippen LogP contribution in [0.15, 0.2) is 101 Å². The lowest BCUT2D eigenvalue weighted by molar-refractivity contribution is -0.275. The van der Waals surface area contributed by atoms with Crippen molar-refractivity contribution in [2.75, 3.05) is 16.6 Å². The minimum absolute atomic E-state index is 0.279. The van der Waals surface area contributed by atoms with Gasteiger partial charge in [0.05, 0.1) is 28.3 Å². The molecule has 0 aliphatic rings. The van der Waals surface area contributed by atoms with Crippen LogP contribution in [-0.4, -0.2) is 36.7 Å². The fourth-order valence-electron chi connectivity index (χ4n) is 3.73. The first-order valence-corrected chi connectivity index (χ1v) is 15.0. The van der Waals surface area contributed by atoms with Gasteiger partial charge in [0.1, 0.15) is 17.2 Å². The summed E-state index contributed by atoms with van der Waals surface area (Å²) in [7, 11) is -7.54. The number of alkyl halides is 6. The molecular formula is C27H20F6N2O7S2. The van der Waals surface area contributed by atoms with Gasteiger partial charge in [-0.15, -0.1) is 26.3 Å². The second-order valence-corrected chi connectivity index (χ2v) is 12.1. The standard InChI is InChI=1S/C27H20F6N2O7S2/c1-40-19-5-2-17(3-6-19)18-4-15-24(34-43(36,37)22-11-7-20(8-12-22)41-26(28,29)30)25(16-18)35-44(38,39)23-13-9-21(10-14-23)42-27(31,32)33/h2-16,34-35H,1H3. The number of benzene rings is 4. The fraction of sp³-hybridized carbons (Fsp3) is 0.111. The summed E-state index contributed by atoms with van der Waals surface area (Å²) in [4.78, 5) is -0.948. The molecule has 0 aromatic heterocycles. The normalized spacial score (nSPS) is 12.3. The Kier molecular flexibility index (Phi) is 8.92. The smallest absolute Gasteiger partial charge is 0.497 e. The molecule has 0 bridgehead atoms. The van der Waals surface area contributed by atoms with E-state index < -0.39 is 54.1 Å². The molecule has 0 amide bonds. The van der Waals surface area contributed by atoms with E-state index in [4.69, 9.17) is 4.74 Å². The van der Waals surface area contributed by atoms with E-state index in [1.807, 2.05) is 0 Å². The van der Waals surface area contributed by atoms with Crippen molar-refractivity contribution in [1.82, 2.24) is 0 Å². The molecule has 0 atom stereocenters. The third-order valence-corrected chi connectivity index (χ3v) is 8.43. The van der Waals surface area contributed by atoms with Crippen molar-refractivity contribution in [3.63, 3.8) is 0 Å². The molecule has 4 rings (SSSR count). The Balaban J connectivity index is 1.69. The van der Waals surface area contributed by atoms with E-state index in [1.54, 1.807) is 24.3 Å². The third kappa shape index (κ3) is 8.47. The van der Waals surface area contributed by atoms with Gasteiger partial charge in [0.25, 0.3) is 20.0 Å². The first-order valence-electron chi connectivity index (χ1n) is 12.0. The number of sulfonamides is 2. The number of hydrogen-bond donors (Lipinski definition) is 2. The maximum Gasteiger partial charge on any atom is 0.573 e. The Labute approximate surface area is 247 Å². The van der Waals surface area contributed by atoms with Crippen LogP contribution in [0.5, 0.6) is 17.2 Å². The maximum absolute atomic E-state index is 13.2. The molecule has 4 aromatic rings.